The molecule has 0 aliphatic carbocycles. The van der Waals surface area contributed by atoms with E-state index in [1.807, 2.05) is 13.0 Å². The molecule has 0 aliphatic rings. The first-order chi connectivity index (χ1) is 10.8. The van der Waals surface area contributed by atoms with Crippen molar-refractivity contribution in [1.82, 2.24) is 0 Å². The minimum atomic E-state index is -1.18. The fraction of sp³-hybridized carbons (Fsp3) is 0.421. The maximum absolute atomic E-state index is 11.3. The summed E-state index contributed by atoms with van der Waals surface area (Å²) in [5.74, 6) is -1.56. The van der Waals surface area contributed by atoms with E-state index in [1.54, 1.807) is 6.92 Å². The van der Waals surface area contributed by atoms with E-state index in [2.05, 4.69) is 19.9 Å². The van der Waals surface area contributed by atoms with E-state index in [4.69, 9.17) is 0 Å². The number of hydrogen-bond acceptors (Lipinski definition) is 3. The highest BCUT2D eigenvalue weighted by Crippen LogP contribution is 2.35. The van der Waals surface area contributed by atoms with Gasteiger partial charge in [-0.25, -0.2) is 4.79 Å². The van der Waals surface area contributed by atoms with Gasteiger partial charge in [-0.15, -0.1) is 0 Å². The molecule has 0 aromatic heterocycles. The molecule has 0 radical (unpaired) electrons. The number of aromatic hydroxyl groups is 2. The predicted molar refractivity (Wildman–Crippen MR) is 92.2 cm³/mol. The van der Waals surface area contributed by atoms with Gasteiger partial charge in [-0.1, -0.05) is 30.2 Å². The standard InChI is InChI=1S/C19H26O4/c1-5-14-11-16(20)15(18(21)17(14)19(22)23)10-9-13(4)8-6-7-12(2)3/h7,9,11,20-21H,5-6,8,10H2,1-4H3,(H,22,23)/b13-9-. The molecule has 0 amide bonds. The third-order valence-corrected chi connectivity index (χ3v) is 3.80. The van der Waals surface area contributed by atoms with E-state index in [9.17, 15) is 20.1 Å². The molecule has 0 spiro atoms. The van der Waals surface area contributed by atoms with Crippen LogP contribution < -0.4 is 0 Å². The average Bonchev–Trinajstić information content (AvgIpc) is 2.45. The predicted octanol–water partition coefficient (Wildman–Crippen LogP) is 4.59. The molecule has 0 saturated heterocycles. The summed E-state index contributed by atoms with van der Waals surface area (Å²) in [5, 5.41) is 29.6. The zero-order chi connectivity index (χ0) is 17.6. The van der Waals surface area contributed by atoms with Crippen molar-refractivity contribution in [3.8, 4) is 11.5 Å². The van der Waals surface area contributed by atoms with Gasteiger partial charge in [-0.3, -0.25) is 0 Å². The van der Waals surface area contributed by atoms with Crippen LogP contribution in [0.4, 0.5) is 0 Å². The minimum Gasteiger partial charge on any atom is -0.508 e. The van der Waals surface area contributed by atoms with Gasteiger partial charge in [-0.2, -0.15) is 0 Å². The van der Waals surface area contributed by atoms with Gasteiger partial charge in [-0.05, 0) is 58.1 Å². The second-order valence-corrected chi connectivity index (χ2v) is 5.99. The summed E-state index contributed by atoms with van der Waals surface area (Å²) in [7, 11) is 0. The highest BCUT2D eigenvalue weighted by molar-refractivity contribution is 5.93. The van der Waals surface area contributed by atoms with Gasteiger partial charge in [0, 0.05) is 5.56 Å². The van der Waals surface area contributed by atoms with Crippen molar-refractivity contribution in [3.63, 3.8) is 0 Å². The number of carbonyl (C=O) groups is 1. The molecule has 0 saturated carbocycles. The van der Waals surface area contributed by atoms with E-state index < -0.39 is 5.97 Å². The zero-order valence-corrected chi connectivity index (χ0v) is 14.3. The Morgan fingerprint density at radius 1 is 1.17 bits per heavy atom. The molecule has 0 fully saturated rings. The number of allylic oxidation sites excluding steroid dienone is 4. The van der Waals surface area contributed by atoms with Crippen LogP contribution in [0, 0.1) is 0 Å². The van der Waals surface area contributed by atoms with E-state index in [-0.39, 0.29) is 22.6 Å². The van der Waals surface area contributed by atoms with Crippen LogP contribution in [0.2, 0.25) is 0 Å². The van der Waals surface area contributed by atoms with Crippen LogP contribution in [-0.2, 0) is 12.8 Å². The van der Waals surface area contributed by atoms with Crippen LogP contribution in [0.15, 0.2) is 29.4 Å². The lowest BCUT2D eigenvalue weighted by molar-refractivity contribution is 0.0692. The molecule has 0 bridgehead atoms. The summed E-state index contributed by atoms with van der Waals surface area (Å²) in [4.78, 5) is 11.3. The molecule has 4 nitrogen and oxygen atoms in total. The largest absolute Gasteiger partial charge is 0.508 e. The van der Waals surface area contributed by atoms with Crippen molar-refractivity contribution in [1.29, 1.82) is 0 Å². The monoisotopic (exact) mass is 318 g/mol. The highest BCUT2D eigenvalue weighted by Gasteiger charge is 2.20. The van der Waals surface area contributed by atoms with Crippen LogP contribution in [0.5, 0.6) is 11.5 Å². The molecule has 1 aromatic carbocycles. The lowest BCUT2D eigenvalue weighted by atomic mass is 9.96. The number of aromatic carboxylic acids is 1. The quantitative estimate of drug-likeness (QED) is 0.642. The van der Waals surface area contributed by atoms with Gasteiger partial charge >= 0.3 is 5.97 Å². The van der Waals surface area contributed by atoms with Crippen LogP contribution in [-0.4, -0.2) is 21.3 Å². The normalized spacial score (nSPS) is 11.4. The number of aryl methyl sites for hydroxylation is 1. The Hall–Kier alpha value is -2.23. The first kappa shape index (κ1) is 18.8. The van der Waals surface area contributed by atoms with Gasteiger partial charge in [0.15, 0.2) is 0 Å². The topological polar surface area (TPSA) is 77.8 Å². The van der Waals surface area contributed by atoms with E-state index in [0.717, 1.165) is 18.4 Å². The lowest BCUT2D eigenvalue weighted by Gasteiger charge is -2.12. The number of phenols is 2. The van der Waals surface area contributed by atoms with Gasteiger partial charge in [0.05, 0.1) is 0 Å². The molecule has 0 atom stereocenters. The maximum atomic E-state index is 11.3. The molecule has 0 unspecified atom stereocenters. The minimum absolute atomic E-state index is 0.0577. The first-order valence-electron chi connectivity index (χ1n) is 7.86. The summed E-state index contributed by atoms with van der Waals surface area (Å²) in [6, 6.07) is 1.44. The second-order valence-electron chi connectivity index (χ2n) is 5.99. The maximum Gasteiger partial charge on any atom is 0.339 e. The van der Waals surface area contributed by atoms with Crippen molar-refractivity contribution in [2.75, 3.05) is 0 Å². The van der Waals surface area contributed by atoms with Gasteiger partial charge < -0.3 is 15.3 Å². The smallest absolute Gasteiger partial charge is 0.339 e. The third-order valence-electron chi connectivity index (χ3n) is 3.80. The molecule has 3 N–H and O–H groups in total. The summed E-state index contributed by atoms with van der Waals surface area (Å²) < 4.78 is 0. The average molecular weight is 318 g/mol. The fourth-order valence-corrected chi connectivity index (χ4v) is 2.43. The highest BCUT2D eigenvalue weighted by atomic mass is 16.4. The summed E-state index contributed by atoms with van der Waals surface area (Å²) >= 11 is 0. The molecule has 1 aromatic rings. The molecule has 4 heteroatoms. The van der Waals surface area contributed by atoms with Crippen molar-refractivity contribution in [2.45, 2.75) is 53.4 Å². The fourth-order valence-electron chi connectivity index (χ4n) is 2.43. The van der Waals surface area contributed by atoms with Gasteiger partial charge in [0.25, 0.3) is 0 Å². The van der Waals surface area contributed by atoms with Crippen LogP contribution in [0.1, 0.15) is 62.0 Å². The Labute approximate surface area is 137 Å². The van der Waals surface area contributed by atoms with Crippen LogP contribution >= 0.6 is 0 Å². The Morgan fingerprint density at radius 2 is 1.83 bits per heavy atom. The zero-order valence-electron chi connectivity index (χ0n) is 14.3. The SMILES string of the molecule is CCc1cc(O)c(C/C=C(/C)CCC=C(C)C)c(O)c1C(=O)O. The molecule has 23 heavy (non-hydrogen) atoms. The molecule has 126 valence electrons. The van der Waals surface area contributed by atoms with Gasteiger partial charge in [0.1, 0.15) is 17.1 Å². The summed E-state index contributed by atoms with van der Waals surface area (Å²) in [5.41, 5.74) is 2.99. The summed E-state index contributed by atoms with van der Waals surface area (Å²) in [6.45, 7) is 7.88. The molecule has 0 heterocycles. The van der Waals surface area contributed by atoms with Crippen LogP contribution in [0.3, 0.4) is 0 Å². The van der Waals surface area contributed by atoms with Crippen molar-refractivity contribution >= 4 is 5.97 Å². The van der Waals surface area contributed by atoms with Crippen molar-refractivity contribution in [2.24, 2.45) is 0 Å². The number of hydrogen-bond donors (Lipinski definition) is 3. The van der Waals surface area contributed by atoms with E-state index in [0.29, 0.717) is 18.4 Å². The molecular formula is C19H26O4. The number of carboxylic acids is 1. The van der Waals surface area contributed by atoms with Crippen LogP contribution in [0.25, 0.3) is 0 Å². The first-order valence-corrected chi connectivity index (χ1v) is 7.86. The number of carboxylic acid groups (broad SMARTS) is 1. The van der Waals surface area contributed by atoms with E-state index >= 15 is 0 Å². The Balaban J connectivity index is 3.03. The number of benzene rings is 1. The Kier molecular flexibility index (Phi) is 6.89. The van der Waals surface area contributed by atoms with Gasteiger partial charge in [0.2, 0.25) is 0 Å². The van der Waals surface area contributed by atoms with E-state index in [1.165, 1.54) is 11.6 Å². The summed E-state index contributed by atoms with van der Waals surface area (Å²) in [6.07, 6.45) is 6.65. The van der Waals surface area contributed by atoms with Crippen molar-refractivity contribution in [3.05, 3.63) is 46.1 Å². The third kappa shape index (κ3) is 5.16. The molecule has 1 rings (SSSR count). The van der Waals surface area contributed by atoms with Crippen molar-refractivity contribution < 1.29 is 20.1 Å². The number of rotatable bonds is 7. The Bertz CT molecular complexity index is 635. The second kappa shape index (κ2) is 8.42. The number of phenolic OH excluding ortho intramolecular Hbond substituents is 1. The molecular weight excluding hydrogens is 292 g/mol. The molecule has 0 aliphatic heterocycles. The lowest BCUT2D eigenvalue weighted by Crippen LogP contribution is -2.04. The Morgan fingerprint density at radius 3 is 2.35 bits per heavy atom.